The van der Waals surface area contributed by atoms with Gasteiger partial charge >= 0.3 is 23.1 Å². The Morgan fingerprint density at radius 1 is 0.643 bits per heavy atom. The zero-order valence-corrected chi connectivity index (χ0v) is 31.4. The summed E-state index contributed by atoms with van der Waals surface area (Å²) in [5.74, 6) is 0.754. The SMILES string of the molecule is CCCC(=O)c1ccc(OC(=O)c2ccc(OCCCCC[Si](C)(O[Si](C)(C)C)O[Si](C)(C)O[Si](C)(C)C)cc2)cc1. The molecule has 0 aliphatic rings. The largest absolute Gasteiger partial charge is 0.494 e. The number of esters is 1. The van der Waals surface area contributed by atoms with Crippen molar-refractivity contribution in [2.75, 3.05) is 6.61 Å². The quantitative estimate of drug-likeness (QED) is 0.0525. The fourth-order valence-corrected chi connectivity index (χ4v) is 22.9. The number of unbranched alkanes of at least 4 members (excludes halogenated alkanes) is 2. The van der Waals surface area contributed by atoms with Crippen LogP contribution in [0.2, 0.25) is 65.0 Å². The Kier molecular flexibility index (Phi) is 13.6. The van der Waals surface area contributed by atoms with Gasteiger partial charge in [0.15, 0.2) is 22.4 Å². The van der Waals surface area contributed by atoms with Crippen molar-refractivity contribution in [2.45, 2.75) is 104 Å². The summed E-state index contributed by atoms with van der Waals surface area (Å²) in [6, 6.07) is 14.6. The molecule has 234 valence electrons. The zero-order valence-electron chi connectivity index (χ0n) is 27.4. The first-order chi connectivity index (χ1) is 19.4. The van der Waals surface area contributed by atoms with Crippen molar-refractivity contribution >= 4 is 45.5 Å². The van der Waals surface area contributed by atoms with E-state index < -0.39 is 39.7 Å². The van der Waals surface area contributed by atoms with Crippen molar-refractivity contribution in [1.29, 1.82) is 0 Å². The maximum absolute atomic E-state index is 12.6. The Balaban J connectivity index is 1.81. The van der Waals surface area contributed by atoms with E-state index in [1.165, 1.54) is 0 Å². The molecule has 1 unspecified atom stereocenters. The van der Waals surface area contributed by atoms with Gasteiger partial charge in [-0.2, -0.15) is 0 Å². The topological polar surface area (TPSA) is 80.3 Å². The Morgan fingerprint density at radius 2 is 1.19 bits per heavy atom. The number of carbonyl (C=O) groups excluding carboxylic acids is 2. The Labute approximate surface area is 258 Å². The molecule has 2 aromatic rings. The molecule has 2 rings (SSSR count). The number of rotatable bonds is 18. The van der Waals surface area contributed by atoms with Crippen molar-refractivity contribution in [2.24, 2.45) is 0 Å². The molecule has 7 nitrogen and oxygen atoms in total. The molecule has 1 atom stereocenters. The van der Waals surface area contributed by atoms with Crippen molar-refractivity contribution in [3.8, 4) is 11.5 Å². The molecule has 0 heterocycles. The van der Waals surface area contributed by atoms with Crippen LogP contribution >= 0.6 is 0 Å². The fourth-order valence-electron chi connectivity index (χ4n) is 4.90. The molecule has 0 spiro atoms. The van der Waals surface area contributed by atoms with Gasteiger partial charge in [0.1, 0.15) is 11.5 Å². The lowest BCUT2D eigenvalue weighted by atomic mass is 10.1. The summed E-state index contributed by atoms with van der Waals surface area (Å²) in [7, 11) is -8.14. The highest BCUT2D eigenvalue weighted by Crippen LogP contribution is 2.28. The van der Waals surface area contributed by atoms with Crippen LogP contribution in [0.4, 0.5) is 0 Å². The van der Waals surface area contributed by atoms with Gasteiger partial charge in [0.2, 0.25) is 0 Å². The highest BCUT2D eigenvalue weighted by atomic mass is 28.5. The number of carbonyl (C=O) groups is 2. The molecule has 0 saturated carbocycles. The third kappa shape index (κ3) is 14.1. The normalized spacial score (nSPS) is 13.9. The van der Waals surface area contributed by atoms with Gasteiger partial charge in [0.25, 0.3) is 0 Å². The van der Waals surface area contributed by atoms with Crippen LogP contribution in [-0.2, 0) is 12.3 Å². The van der Waals surface area contributed by atoms with E-state index in [9.17, 15) is 9.59 Å². The minimum Gasteiger partial charge on any atom is -0.494 e. The van der Waals surface area contributed by atoms with Crippen LogP contribution in [0.1, 0.15) is 59.7 Å². The molecular formula is C31H52O7Si4. The molecule has 0 bridgehead atoms. The summed E-state index contributed by atoms with van der Waals surface area (Å²) < 4.78 is 31.3. The summed E-state index contributed by atoms with van der Waals surface area (Å²) in [4.78, 5) is 24.6. The molecule has 0 saturated heterocycles. The highest BCUT2D eigenvalue weighted by molar-refractivity contribution is 6.89. The minimum atomic E-state index is -2.38. The summed E-state index contributed by atoms with van der Waals surface area (Å²) in [6.45, 7) is 22.4. The first kappa shape index (κ1) is 36.3. The first-order valence-corrected chi connectivity index (χ1v) is 27.2. The van der Waals surface area contributed by atoms with E-state index in [0.717, 1.165) is 31.7 Å². The number of hydrogen-bond donors (Lipinski definition) is 0. The molecule has 0 N–H and O–H groups in total. The van der Waals surface area contributed by atoms with Gasteiger partial charge in [-0.3, -0.25) is 4.79 Å². The van der Waals surface area contributed by atoms with Gasteiger partial charge in [-0.05, 0) is 126 Å². The van der Waals surface area contributed by atoms with Crippen LogP contribution < -0.4 is 9.47 Å². The number of ether oxygens (including phenoxy) is 2. The predicted molar refractivity (Wildman–Crippen MR) is 180 cm³/mol. The Bertz CT molecular complexity index is 1140. The van der Waals surface area contributed by atoms with Gasteiger partial charge in [-0.25, -0.2) is 4.79 Å². The van der Waals surface area contributed by atoms with E-state index in [2.05, 4.69) is 58.9 Å². The van der Waals surface area contributed by atoms with Crippen LogP contribution in [-0.4, -0.2) is 52.1 Å². The number of Topliss-reactive ketones (excluding diaryl/α,β-unsaturated/α-hetero) is 1. The lowest BCUT2D eigenvalue weighted by molar-refractivity contribution is 0.0734. The van der Waals surface area contributed by atoms with Crippen molar-refractivity contribution < 1.29 is 31.4 Å². The minimum absolute atomic E-state index is 0.0878. The van der Waals surface area contributed by atoms with Gasteiger partial charge in [-0.1, -0.05) is 19.8 Å². The molecule has 0 amide bonds. The standard InChI is InChI=1S/C31H52O7Si4/c1-11-15-30(32)26-16-22-29(23-17-26)35-31(33)27-18-20-28(21-19-27)34-24-13-12-14-25-42(10,37-40(5,6)7)38-41(8,9)36-39(2,3)4/h16-23H,11-15,24-25H2,1-10H3. The molecule has 0 radical (unpaired) electrons. The molecule has 2 aromatic carbocycles. The van der Waals surface area contributed by atoms with E-state index in [1.54, 1.807) is 48.5 Å². The van der Waals surface area contributed by atoms with E-state index in [-0.39, 0.29) is 5.78 Å². The molecule has 0 fully saturated rings. The molecule has 0 aliphatic carbocycles. The van der Waals surface area contributed by atoms with Crippen LogP contribution in [0.5, 0.6) is 11.5 Å². The summed E-state index contributed by atoms with van der Waals surface area (Å²) in [6.07, 6.45) is 4.27. The number of ketones is 1. The summed E-state index contributed by atoms with van der Waals surface area (Å²) in [5.41, 5.74) is 1.06. The van der Waals surface area contributed by atoms with Gasteiger partial charge in [0.05, 0.1) is 12.2 Å². The van der Waals surface area contributed by atoms with E-state index >= 15 is 0 Å². The summed E-state index contributed by atoms with van der Waals surface area (Å²) >= 11 is 0. The Hall–Kier alpha value is -1.87. The van der Waals surface area contributed by atoms with Crippen molar-refractivity contribution in [3.63, 3.8) is 0 Å². The van der Waals surface area contributed by atoms with E-state index in [1.807, 2.05) is 6.92 Å². The van der Waals surface area contributed by atoms with E-state index in [4.69, 9.17) is 21.8 Å². The maximum atomic E-state index is 12.6. The van der Waals surface area contributed by atoms with E-state index in [0.29, 0.717) is 35.7 Å². The third-order valence-corrected chi connectivity index (χ3v) is 19.6. The molecule has 0 aliphatic heterocycles. The van der Waals surface area contributed by atoms with Crippen LogP contribution in [0.25, 0.3) is 0 Å². The first-order valence-electron chi connectivity index (χ1n) is 15.1. The highest BCUT2D eigenvalue weighted by Gasteiger charge is 2.44. The lowest BCUT2D eigenvalue weighted by Crippen LogP contribution is -2.56. The third-order valence-electron chi connectivity index (χ3n) is 6.03. The Morgan fingerprint density at radius 3 is 1.74 bits per heavy atom. The monoisotopic (exact) mass is 648 g/mol. The number of hydrogen-bond acceptors (Lipinski definition) is 7. The second kappa shape index (κ2) is 15.7. The second-order valence-corrected chi connectivity index (χ2v) is 29.8. The molecular weight excluding hydrogens is 597 g/mol. The average Bonchev–Trinajstić information content (AvgIpc) is 2.84. The van der Waals surface area contributed by atoms with Crippen molar-refractivity contribution in [1.82, 2.24) is 0 Å². The molecule has 0 aromatic heterocycles. The van der Waals surface area contributed by atoms with Crippen LogP contribution in [0.3, 0.4) is 0 Å². The number of benzene rings is 2. The van der Waals surface area contributed by atoms with Gasteiger partial charge in [0, 0.05) is 12.0 Å². The average molecular weight is 649 g/mol. The molecule has 42 heavy (non-hydrogen) atoms. The maximum Gasteiger partial charge on any atom is 0.343 e. The van der Waals surface area contributed by atoms with Crippen LogP contribution in [0, 0.1) is 0 Å². The predicted octanol–water partition coefficient (Wildman–Crippen LogP) is 8.93. The second-order valence-electron chi connectivity index (χ2n) is 13.3. The summed E-state index contributed by atoms with van der Waals surface area (Å²) in [5, 5.41) is 0. The smallest absolute Gasteiger partial charge is 0.343 e. The molecule has 11 heteroatoms. The van der Waals surface area contributed by atoms with Gasteiger partial charge < -0.3 is 21.8 Å². The lowest BCUT2D eigenvalue weighted by Gasteiger charge is -2.41. The van der Waals surface area contributed by atoms with Crippen molar-refractivity contribution in [3.05, 3.63) is 59.7 Å². The fraction of sp³-hybridized carbons (Fsp3) is 0.548. The van der Waals surface area contributed by atoms with Crippen LogP contribution in [0.15, 0.2) is 48.5 Å². The van der Waals surface area contributed by atoms with Gasteiger partial charge in [-0.15, -0.1) is 0 Å². The zero-order chi connectivity index (χ0) is 31.6.